The Labute approximate surface area is 115 Å². The van der Waals surface area contributed by atoms with Crippen LogP contribution in [0, 0.1) is 16.0 Å². The van der Waals surface area contributed by atoms with E-state index in [9.17, 15) is 15.2 Å². The number of aliphatic hydroxyl groups is 1. The average molecular weight is 273 g/mol. The van der Waals surface area contributed by atoms with E-state index in [1.54, 1.807) is 18.2 Å². The van der Waals surface area contributed by atoms with Gasteiger partial charge in [0, 0.05) is 29.9 Å². The number of fused-ring (bicyclic) bond motifs is 1. The van der Waals surface area contributed by atoms with Gasteiger partial charge in [-0.05, 0) is 37.0 Å². The normalized spacial score (nSPS) is 16.1. The molecule has 2 N–H and O–H groups in total. The summed E-state index contributed by atoms with van der Waals surface area (Å²) >= 11 is 0. The van der Waals surface area contributed by atoms with Crippen molar-refractivity contribution >= 4 is 22.3 Å². The molecule has 2 aromatic rings. The molecule has 0 aliphatic heterocycles. The lowest BCUT2D eigenvalue weighted by molar-refractivity contribution is -0.383. The lowest BCUT2D eigenvalue weighted by Crippen LogP contribution is -2.21. The average Bonchev–Trinajstić information content (AvgIpc) is 3.28. The third-order valence-electron chi connectivity index (χ3n) is 3.61. The highest BCUT2D eigenvalue weighted by Crippen LogP contribution is 2.33. The van der Waals surface area contributed by atoms with Crippen LogP contribution in [0.25, 0.3) is 10.9 Å². The third-order valence-corrected chi connectivity index (χ3v) is 3.61. The summed E-state index contributed by atoms with van der Waals surface area (Å²) < 4.78 is 0. The van der Waals surface area contributed by atoms with Gasteiger partial charge in [0.05, 0.1) is 11.0 Å². The van der Waals surface area contributed by atoms with Crippen molar-refractivity contribution < 1.29 is 10.0 Å². The number of nitro groups is 1. The van der Waals surface area contributed by atoms with Gasteiger partial charge in [-0.3, -0.25) is 10.1 Å². The molecule has 20 heavy (non-hydrogen) atoms. The predicted octanol–water partition coefficient (Wildman–Crippen LogP) is 2.33. The number of hydrogen-bond acceptors (Lipinski definition) is 5. The van der Waals surface area contributed by atoms with Crippen molar-refractivity contribution in [3.05, 3.63) is 40.6 Å². The third kappa shape index (κ3) is 2.42. The summed E-state index contributed by atoms with van der Waals surface area (Å²) in [4.78, 5) is 14.7. The van der Waals surface area contributed by atoms with E-state index in [1.165, 1.54) is 12.3 Å². The van der Waals surface area contributed by atoms with E-state index >= 15 is 0 Å². The predicted molar refractivity (Wildman–Crippen MR) is 75.6 cm³/mol. The van der Waals surface area contributed by atoms with E-state index in [1.807, 2.05) is 0 Å². The van der Waals surface area contributed by atoms with E-state index in [0.717, 1.165) is 18.5 Å². The molecule has 0 radical (unpaired) electrons. The van der Waals surface area contributed by atoms with Gasteiger partial charge in [0.15, 0.2) is 0 Å². The van der Waals surface area contributed by atoms with Crippen LogP contribution in [-0.4, -0.2) is 27.7 Å². The number of hydrogen-bond donors (Lipinski definition) is 2. The highest BCUT2D eigenvalue weighted by molar-refractivity contribution is 5.96. The van der Waals surface area contributed by atoms with Gasteiger partial charge in [-0.1, -0.05) is 0 Å². The Hall–Kier alpha value is -2.21. The van der Waals surface area contributed by atoms with Crippen LogP contribution in [-0.2, 0) is 0 Å². The molecule has 104 valence electrons. The molecule has 6 heteroatoms. The van der Waals surface area contributed by atoms with E-state index in [0.29, 0.717) is 23.4 Å². The molecule has 1 unspecified atom stereocenters. The topological polar surface area (TPSA) is 88.3 Å². The molecule has 1 aliphatic rings. The number of aliphatic hydroxyl groups excluding tert-OH is 1. The summed E-state index contributed by atoms with van der Waals surface area (Å²) in [5, 5.41) is 24.7. The van der Waals surface area contributed by atoms with Crippen LogP contribution in [0.15, 0.2) is 30.5 Å². The molecular weight excluding hydrogens is 258 g/mol. The van der Waals surface area contributed by atoms with Crippen LogP contribution in [0.3, 0.4) is 0 Å². The smallest absolute Gasteiger partial charge is 0.295 e. The second-order valence-corrected chi connectivity index (χ2v) is 5.07. The Morgan fingerprint density at radius 3 is 2.95 bits per heavy atom. The minimum atomic E-state index is -0.432. The van der Waals surface area contributed by atoms with Gasteiger partial charge in [0.1, 0.15) is 5.52 Å². The van der Waals surface area contributed by atoms with Gasteiger partial charge in [0.2, 0.25) is 0 Å². The summed E-state index contributed by atoms with van der Waals surface area (Å²) in [5.41, 5.74) is 1.12. The molecule has 1 atom stereocenters. The molecule has 1 saturated carbocycles. The van der Waals surface area contributed by atoms with E-state index in [2.05, 4.69) is 10.3 Å². The van der Waals surface area contributed by atoms with Gasteiger partial charge < -0.3 is 10.4 Å². The second-order valence-electron chi connectivity index (χ2n) is 5.07. The molecule has 0 spiro atoms. The van der Waals surface area contributed by atoms with Gasteiger partial charge in [-0.15, -0.1) is 0 Å². The first kappa shape index (κ1) is 12.8. The first-order chi connectivity index (χ1) is 9.66. The zero-order valence-electron chi connectivity index (χ0n) is 10.8. The number of non-ortho nitro benzene ring substituents is 1. The van der Waals surface area contributed by atoms with Crippen molar-refractivity contribution in [2.75, 3.05) is 11.9 Å². The Morgan fingerprint density at radius 1 is 1.45 bits per heavy atom. The van der Waals surface area contributed by atoms with Gasteiger partial charge in [0.25, 0.3) is 5.69 Å². The Balaban J connectivity index is 1.91. The number of nitrogens with one attached hydrogen (secondary N) is 1. The second kappa shape index (κ2) is 5.05. The largest absolute Gasteiger partial charge is 0.391 e. The molecule has 0 amide bonds. The number of nitrogens with zero attached hydrogens (tertiary/aromatic N) is 2. The number of benzene rings is 1. The summed E-state index contributed by atoms with van der Waals surface area (Å²) in [6.07, 6.45) is 3.33. The minimum Gasteiger partial charge on any atom is -0.391 e. The van der Waals surface area contributed by atoms with E-state index in [-0.39, 0.29) is 11.8 Å². The Bertz CT molecular complexity index is 655. The monoisotopic (exact) mass is 273 g/mol. The van der Waals surface area contributed by atoms with Gasteiger partial charge in [-0.2, -0.15) is 0 Å². The number of nitro benzene ring substituents is 1. The van der Waals surface area contributed by atoms with Crippen molar-refractivity contribution in [2.45, 2.75) is 18.9 Å². The molecular formula is C14H15N3O3. The minimum absolute atomic E-state index is 0.00566. The SMILES string of the molecule is O=[N+]([O-])c1ccc(NCC(O)C2CC2)c2cccnc12. The fraction of sp³-hybridized carbons (Fsp3) is 0.357. The van der Waals surface area contributed by atoms with Crippen LogP contribution >= 0.6 is 0 Å². The highest BCUT2D eigenvalue weighted by atomic mass is 16.6. The maximum Gasteiger partial charge on any atom is 0.295 e. The van der Waals surface area contributed by atoms with Crippen LogP contribution in [0.4, 0.5) is 11.4 Å². The summed E-state index contributed by atoms with van der Waals surface area (Å²) in [7, 11) is 0. The zero-order valence-corrected chi connectivity index (χ0v) is 10.8. The van der Waals surface area contributed by atoms with Crippen molar-refractivity contribution in [2.24, 2.45) is 5.92 Å². The van der Waals surface area contributed by atoms with Crippen LogP contribution < -0.4 is 5.32 Å². The first-order valence-corrected chi connectivity index (χ1v) is 6.61. The molecule has 1 heterocycles. The maximum atomic E-state index is 11.0. The van der Waals surface area contributed by atoms with Crippen LogP contribution in [0.1, 0.15) is 12.8 Å². The lowest BCUT2D eigenvalue weighted by Gasteiger charge is -2.13. The fourth-order valence-electron chi connectivity index (χ4n) is 2.32. The summed E-state index contributed by atoms with van der Waals surface area (Å²) in [6.45, 7) is 0.451. The Morgan fingerprint density at radius 2 is 2.25 bits per heavy atom. The van der Waals surface area contributed by atoms with Gasteiger partial charge >= 0.3 is 0 Å². The van der Waals surface area contributed by atoms with Crippen LogP contribution in [0.2, 0.25) is 0 Å². The quantitative estimate of drug-likeness (QED) is 0.644. The number of anilines is 1. The molecule has 1 aliphatic carbocycles. The summed E-state index contributed by atoms with van der Waals surface area (Å²) in [5.74, 6) is 0.393. The highest BCUT2D eigenvalue weighted by Gasteiger charge is 2.29. The number of pyridine rings is 1. The number of aromatic nitrogens is 1. The molecule has 3 rings (SSSR count). The Kier molecular flexibility index (Phi) is 3.23. The molecule has 1 aromatic carbocycles. The van der Waals surface area contributed by atoms with E-state index < -0.39 is 4.92 Å². The molecule has 0 bridgehead atoms. The lowest BCUT2D eigenvalue weighted by atomic mass is 10.1. The van der Waals surface area contributed by atoms with Gasteiger partial charge in [-0.25, -0.2) is 4.98 Å². The zero-order chi connectivity index (χ0) is 14.1. The summed E-state index contributed by atoms with van der Waals surface area (Å²) in [6, 6.07) is 6.65. The van der Waals surface area contributed by atoms with Crippen molar-refractivity contribution in [3.63, 3.8) is 0 Å². The van der Waals surface area contributed by atoms with E-state index in [4.69, 9.17) is 0 Å². The molecule has 1 fully saturated rings. The molecule has 1 aromatic heterocycles. The first-order valence-electron chi connectivity index (χ1n) is 6.61. The molecule has 6 nitrogen and oxygen atoms in total. The van der Waals surface area contributed by atoms with Crippen LogP contribution in [0.5, 0.6) is 0 Å². The number of rotatable bonds is 5. The molecule has 0 saturated heterocycles. The van der Waals surface area contributed by atoms with Crippen molar-refractivity contribution in [1.29, 1.82) is 0 Å². The standard InChI is InChI=1S/C14H15N3O3/c18-13(9-3-4-9)8-16-11-5-6-12(17(19)20)14-10(11)2-1-7-15-14/h1-2,5-7,9,13,16,18H,3-4,8H2. The fourth-order valence-corrected chi connectivity index (χ4v) is 2.32. The van der Waals surface area contributed by atoms with Crippen molar-refractivity contribution in [3.8, 4) is 0 Å². The maximum absolute atomic E-state index is 11.0. The van der Waals surface area contributed by atoms with Crippen molar-refractivity contribution in [1.82, 2.24) is 4.98 Å².